The van der Waals surface area contributed by atoms with Crippen molar-refractivity contribution in [2.24, 2.45) is 5.92 Å². The predicted molar refractivity (Wildman–Crippen MR) is 62.7 cm³/mol. The molecule has 0 spiro atoms. The summed E-state index contributed by atoms with van der Waals surface area (Å²) in [5.41, 5.74) is 0. The number of amides is 2. The van der Waals surface area contributed by atoms with Gasteiger partial charge < -0.3 is 15.3 Å². The third kappa shape index (κ3) is 2.53. The topological polar surface area (TPSA) is 69.6 Å². The molecule has 1 aliphatic heterocycles. The molecule has 1 saturated heterocycles. The van der Waals surface area contributed by atoms with Gasteiger partial charge in [-0.2, -0.15) is 0 Å². The number of nitrogens with zero attached hydrogens (tertiary/aromatic N) is 1. The molecular weight excluding hydrogens is 220 g/mol. The number of carboxylic acids is 1. The number of rotatable bonds is 2. The molecule has 5 nitrogen and oxygen atoms in total. The second-order valence-electron chi connectivity index (χ2n) is 5.15. The molecule has 2 aliphatic rings. The molecule has 2 N–H and O–H groups in total. The second kappa shape index (κ2) is 4.94. The Balaban J connectivity index is 1.93. The summed E-state index contributed by atoms with van der Waals surface area (Å²) in [4.78, 5) is 24.5. The van der Waals surface area contributed by atoms with Crippen LogP contribution in [0.2, 0.25) is 0 Å². The monoisotopic (exact) mass is 240 g/mol. The van der Waals surface area contributed by atoms with Crippen molar-refractivity contribution in [3.63, 3.8) is 0 Å². The fraction of sp³-hybridized carbons (Fsp3) is 0.833. The van der Waals surface area contributed by atoms with E-state index < -0.39 is 12.0 Å². The second-order valence-corrected chi connectivity index (χ2v) is 5.15. The third-order valence-electron chi connectivity index (χ3n) is 3.97. The number of carbonyl (C=O) groups is 2. The number of carbonyl (C=O) groups excluding carboxylic acids is 1. The van der Waals surface area contributed by atoms with E-state index in [-0.39, 0.29) is 12.1 Å². The average Bonchev–Trinajstić information content (AvgIpc) is 2.87. The molecule has 0 bridgehead atoms. The molecular formula is C12H20N2O3. The number of urea groups is 1. The van der Waals surface area contributed by atoms with Crippen molar-refractivity contribution in [1.82, 2.24) is 10.2 Å². The number of carboxylic acid groups (broad SMARTS) is 1. The lowest BCUT2D eigenvalue weighted by Gasteiger charge is -2.25. The number of hydrogen-bond donors (Lipinski definition) is 2. The van der Waals surface area contributed by atoms with Crippen LogP contribution in [0.3, 0.4) is 0 Å². The molecule has 3 atom stereocenters. The van der Waals surface area contributed by atoms with Crippen LogP contribution in [0.5, 0.6) is 0 Å². The van der Waals surface area contributed by atoms with Gasteiger partial charge in [-0.25, -0.2) is 9.59 Å². The molecule has 17 heavy (non-hydrogen) atoms. The van der Waals surface area contributed by atoms with Crippen LogP contribution in [0, 0.1) is 5.92 Å². The summed E-state index contributed by atoms with van der Waals surface area (Å²) in [6.07, 6.45) is 4.66. The van der Waals surface area contributed by atoms with Crippen molar-refractivity contribution >= 4 is 12.0 Å². The summed E-state index contributed by atoms with van der Waals surface area (Å²) in [5.74, 6) is -0.387. The molecule has 5 heteroatoms. The van der Waals surface area contributed by atoms with Crippen molar-refractivity contribution in [2.75, 3.05) is 6.54 Å². The van der Waals surface area contributed by atoms with Gasteiger partial charge in [0.25, 0.3) is 0 Å². The summed E-state index contributed by atoms with van der Waals surface area (Å²) in [6, 6.07) is -0.613. The highest BCUT2D eigenvalue weighted by Gasteiger charge is 2.35. The van der Waals surface area contributed by atoms with Crippen LogP contribution in [0.15, 0.2) is 0 Å². The van der Waals surface area contributed by atoms with E-state index in [1.807, 2.05) is 0 Å². The Labute approximate surface area is 101 Å². The highest BCUT2D eigenvalue weighted by molar-refractivity contribution is 5.83. The quantitative estimate of drug-likeness (QED) is 0.767. The molecule has 2 rings (SSSR count). The van der Waals surface area contributed by atoms with E-state index in [9.17, 15) is 9.59 Å². The van der Waals surface area contributed by atoms with Gasteiger partial charge in [0.1, 0.15) is 6.04 Å². The van der Waals surface area contributed by atoms with Gasteiger partial charge in [-0.3, -0.25) is 0 Å². The fourth-order valence-corrected chi connectivity index (χ4v) is 2.87. The van der Waals surface area contributed by atoms with Crippen LogP contribution in [0.1, 0.15) is 39.0 Å². The fourth-order valence-electron chi connectivity index (χ4n) is 2.87. The maximum absolute atomic E-state index is 12.0. The minimum absolute atomic E-state index is 0.200. The molecule has 0 radical (unpaired) electrons. The van der Waals surface area contributed by atoms with Gasteiger partial charge in [0.15, 0.2) is 0 Å². The van der Waals surface area contributed by atoms with Crippen LogP contribution in [-0.4, -0.2) is 40.6 Å². The van der Waals surface area contributed by atoms with E-state index in [4.69, 9.17) is 5.11 Å². The Hall–Kier alpha value is -1.26. The van der Waals surface area contributed by atoms with E-state index in [0.29, 0.717) is 18.9 Å². The van der Waals surface area contributed by atoms with Gasteiger partial charge >= 0.3 is 12.0 Å². The van der Waals surface area contributed by atoms with E-state index in [1.165, 1.54) is 4.90 Å². The lowest BCUT2D eigenvalue weighted by molar-refractivity contribution is -0.141. The summed E-state index contributed by atoms with van der Waals surface area (Å²) in [6.45, 7) is 2.69. The highest BCUT2D eigenvalue weighted by Crippen LogP contribution is 2.25. The van der Waals surface area contributed by atoms with Gasteiger partial charge in [0, 0.05) is 12.6 Å². The van der Waals surface area contributed by atoms with Crippen molar-refractivity contribution in [2.45, 2.75) is 51.1 Å². The molecule has 1 heterocycles. The Morgan fingerprint density at radius 1 is 1.24 bits per heavy atom. The Bertz CT molecular complexity index is 319. The standard InChI is InChI=1S/C12H20N2O3/c1-8-4-2-5-9(8)13-12(17)14-7-3-6-10(14)11(15)16/h8-10H,2-7H2,1H3,(H,13,17)(H,15,16)/t8?,9?,10-/m1/s1. The molecule has 1 saturated carbocycles. The number of hydrogen-bond acceptors (Lipinski definition) is 2. The molecule has 96 valence electrons. The zero-order valence-corrected chi connectivity index (χ0v) is 10.2. The lowest BCUT2D eigenvalue weighted by Crippen LogP contribution is -2.49. The maximum Gasteiger partial charge on any atom is 0.326 e. The van der Waals surface area contributed by atoms with Gasteiger partial charge in [0.2, 0.25) is 0 Å². The highest BCUT2D eigenvalue weighted by atomic mass is 16.4. The summed E-state index contributed by atoms with van der Waals surface area (Å²) >= 11 is 0. The first kappa shape index (κ1) is 12.2. The van der Waals surface area contributed by atoms with Gasteiger partial charge in [-0.05, 0) is 31.6 Å². The largest absolute Gasteiger partial charge is 0.480 e. The first-order valence-corrected chi connectivity index (χ1v) is 6.39. The van der Waals surface area contributed by atoms with Gasteiger partial charge in [-0.15, -0.1) is 0 Å². The molecule has 0 aromatic carbocycles. The van der Waals surface area contributed by atoms with E-state index >= 15 is 0 Å². The van der Waals surface area contributed by atoms with Gasteiger partial charge in [0.05, 0.1) is 0 Å². The Kier molecular flexibility index (Phi) is 3.54. The molecule has 2 fully saturated rings. The first-order valence-electron chi connectivity index (χ1n) is 6.39. The van der Waals surface area contributed by atoms with Crippen LogP contribution in [0.4, 0.5) is 4.79 Å². The molecule has 0 aromatic rings. The van der Waals surface area contributed by atoms with Crippen molar-refractivity contribution in [3.8, 4) is 0 Å². The van der Waals surface area contributed by atoms with Crippen molar-refractivity contribution < 1.29 is 14.7 Å². The van der Waals surface area contributed by atoms with E-state index in [1.54, 1.807) is 0 Å². The zero-order chi connectivity index (χ0) is 12.4. The predicted octanol–water partition coefficient (Wildman–Crippen LogP) is 1.43. The van der Waals surface area contributed by atoms with E-state index in [2.05, 4.69) is 12.2 Å². The normalized spacial score (nSPS) is 32.8. The molecule has 0 aromatic heterocycles. The molecule has 2 unspecified atom stereocenters. The van der Waals surface area contributed by atoms with Crippen molar-refractivity contribution in [3.05, 3.63) is 0 Å². The number of aliphatic carboxylic acids is 1. The van der Waals surface area contributed by atoms with E-state index in [0.717, 1.165) is 25.7 Å². The lowest BCUT2D eigenvalue weighted by atomic mass is 10.1. The molecule has 1 aliphatic carbocycles. The third-order valence-corrected chi connectivity index (χ3v) is 3.97. The summed E-state index contributed by atoms with van der Waals surface area (Å²) < 4.78 is 0. The average molecular weight is 240 g/mol. The number of likely N-dealkylation sites (tertiary alicyclic amines) is 1. The number of nitrogens with one attached hydrogen (secondary N) is 1. The Morgan fingerprint density at radius 2 is 2.00 bits per heavy atom. The van der Waals surface area contributed by atoms with Crippen LogP contribution >= 0.6 is 0 Å². The minimum Gasteiger partial charge on any atom is -0.480 e. The van der Waals surface area contributed by atoms with Crippen LogP contribution in [-0.2, 0) is 4.79 Å². The van der Waals surface area contributed by atoms with Crippen molar-refractivity contribution in [1.29, 1.82) is 0 Å². The van der Waals surface area contributed by atoms with Crippen LogP contribution in [0.25, 0.3) is 0 Å². The Morgan fingerprint density at radius 3 is 2.59 bits per heavy atom. The summed E-state index contributed by atoms with van der Waals surface area (Å²) in [5, 5.41) is 12.0. The first-order chi connectivity index (χ1) is 8.09. The summed E-state index contributed by atoms with van der Waals surface area (Å²) in [7, 11) is 0. The zero-order valence-electron chi connectivity index (χ0n) is 10.2. The SMILES string of the molecule is CC1CCCC1NC(=O)N1CCC[C@@H]1C(=O)O. The van der Waals surface area contributed by atoms with Crippen LogP contribution < -0.4 is 5.32 Å². The smallest absolute Gasteiger partial charge is 0.326 e. The van der Waals surface area contributed by atoms with Gasteiger partial charge in [-0.1, -0.05) is 13.3 Å². The maximum atomic E-state index is 12.0. The minimum atomic E-state index is -0.892. The molecule has 2 amide bonds.